The van der Waals surface area contributed by atoms with Gasteiger partial charge in [-0.1, -0.05) is 24.3 Å². The largest absolute Gasteiger partial charge is 0.352 e. The molecule has 1 aliphatic heterocycles. The molecule has 0 spiro atoms. The third-order valence-corrected chi connectivity index (χ3v) is 7.73. The van der Waals surface area contributed by atoms with Crippen LogP contribution in [0, 0.1) is 17.6 Å². The van der Waals surface area contributed by atoms with Crippen molar-refractivity contribution in [2.45, 2.75) is 30.8 Å². The zero-order valence-electron chi connectivity index (χ0n) is 17.8. The molecule has 1 N–H and O–H groups in total. The van der Waals surface area contributed by atoms with Crippen molar-refractivity contribution in [2.75, 3.05) is 13.1 Å². The van der Waals surface area contributed by atoms with Gasteiger partial charge in [-0.3, -0.25) is 4.79 Å². The third-order valence-electron chi connectivity index (χ3n) is 5.84. The van der Waals surface area contributed by atoms with E-state index in [-0.39, 0.29) is 29.8 Å². The van der Waals surface area contributed by atoms with Crippen LogP contribution in [0.1, 0.15) is 24.0 Å². The molecule has 0 unspecified atom stereocenters. The number of amides is 1. The van der Waals surface area contributed by atoms with Crippen LogP contribution in [0.3, 0.4) is 0 Å². The van der Waals surface area contributed by atoms with Crippen LogP contribution < -0.4 is 5.32 Å². The Labute approximate surface area is 191 Å². The van der Waals surface area contributed by atoms with E-state index < -0.39 is 21.7 Å². The van der Waals surface area contributed by atoms with Crippen molar-refractivity contribution < 1.29 is 22.0 Å². The van der Waals surface area contributed by atoms with Gasteiger partial charge in [0.2, 0.25) is 15.9 Å². The quantitative estimate of drug-likeness (QED) is 0.571. The number of hydrogen-bond donors (Lipinski definition) is 1. The Morgan fingerprint density at radius 2 is 1.79 bits per heavy atom. The van der Waals surface area contributed by atoms with Crippen LogP contribution in [-0.4, -0.2) is 41.3 Å². The number of halogens is 2. The summed E-state index contributed by atoms with van der Waals surface area (Å²) in [4.78, 5) is 16.5. The number of sulfonamides is 1. The van der Waals surface area contributed by atoms with Gasteiger partial charge in [-0.2, -0.15) is 4.31 Å². The summed E-state index contributed by atoms with van der Waals surface area (Å²) in [5, 5.41) is 2.96. The second kappa shape index (κ2) is 9.80. The van der Waals surface area contributed by atoms with Gasteiger partial charge in [0.1, 0.15) is 0 Å². The maximum atomic E-state index is 13.5. The monoisotopic (exact) mass is 474 g/mol. The van der Waals surface area contributed by atoms with Crippen LogP contribution in [0.4, 0.5) is 8.78 Å². The highest BCUT2D eigenvalue weighted by Crippen LogP contribution is 2.25. The molecule has 0 aliphatic carbocycles. The molecule has 174 valence electrons. The fraction of sp³-hybridized carbons (Fsp3) is 0.304. The lowest BCUT2D eigenvalue weighted by atomic mass is 9.97. The number of aromatic nitrogens is 2. The minimum Gasteiger partial charge on any atom is -0.352 e. The Morgan fingerprint density at radius 3 is 2.45 bits per heavy atom. The molecule has 1 amide bonds. The maximum Gasteiger partial charge on any atom is 0.243 e. The molecule has 0 bridgehead atoms. The van der Waals surface area contributed by atoms with E-state index in [0.29, 0.717) is 32.0 Å². The van der Waals surface area contributed by atoms with E-state index in [1.807, 2.05) is 35.0 Å². The molecule has 0 radical (unpaired) electrons. The van der Waals surface area contributed by atoms with Crippen molar-refractivity contribution in [3.05, 3.63) is 83.9 Å². The zero-order valence-corrected chi connectivity index (χ0v) is 18.6. The van der Waals surface area contributed by atoms with Crippen molar-refractivity contribution in [2.24, 2.45) is 5.92 Å². The van der Waals surface area contributed by atoms with Gasteiger partial charge in [-0.25, -0.2) is 22.2 Å². The number of rotatable bonds is 7. The number of nitrogens with zero attached hydrogens (tertiary/aromatic N) is 3. The van der Waals surface area contributed by atoms with E-state index >= 15 is 0 Å². The normalized spacial score (nSPS) is 15.5. The van der Waals surface area contributed by atoms with Crippen LogP contribution in [0.2, 0.25) is 0 Å². The molecule has 10 heteroatoms. The number of piperidine rings is 1. The van der Waals surface area contributed by atoms with E-state index in [2.05, 4.69) is 10.3 Å². The van der Waals surface area contributed by atoms with E-state index in [4.69, 9.17) is 0 Å². The molecule has 33 heavy (non-hydrogen) atoms. The summed E-state index contributed by atoms with van der Waals surface area (Å²) in [6, 6.07) is 10.4. The van der Waals surface area contributed by atoms with Gasteiger partial charge in [-0.05, 0) is 42.2 Å². The molecule has 0 saturated carbocycles. The first-order valence-corrected chi connectivity index (χ1v) is 12.0. The lowest BCUT2D eigenvalue weighted by Crippen LogP contribution is -2.42. The molecule has 1 fully saturated rings. The molecule has 2 heterocycles. The first-order chi connectivity index (χ1) is 15.8. The second-order valence-corrected chi connectivity index (χ2v) is 9.91. The van der Waals surface area contributed by atoms with Crippen LogP contribution in [0.25, 0.3) is 0 Å². The van der Waals surface area contributed by atoms with Crippen molar-refractivity contribution >= 4 is 15.9 Å². The van der Waals surface area contributed by atoms with Crippen molar-refractivity contribution in [1.29, 1.82) is 0 Å². The average Bonchev–Trinajstić information content (AvgIpc) is 3.33. The highest BCUT2D eigenvalue weighted by molar-refractivity contribution is 7.89. The van der Waals surface area contributed by atoms with Gasteiger partial charge >= 0.3 is 0 Å². The summed E-state index contributed by atoms with van der Waals surface area (Å²) in [5.74, 6) is -2.76. The fourth-order valence-corrected chi connectivity index (χ4v) is 5.41. The van der Waals surface area contributed by atoms with Gasteiger partial charge < -0.3 is 9.88 Å². The molecule has 1 aromatic heterocycles. The fourth-order valence-electron chi connectivity index (χ4n) is 3.93. The number of carbonyl (C=O) groups excluding carboxylic acids is 1. The standard InChI is InChI=1S/C23H24F2N4O3S/c24-21-6-5-20(13-22(21)25)33(31,32)29-10-7-17(8-11-29)23(30)27-14-18-3-1-2-4-19(18)15-28-12-9-26-16-28/h1-6,9,12-13,16-17H,7-8,10-11,14-15H2,(H,27,30). The predicted octanol–water partition coefficient (Wildman–Crippen LogP) is 2.93. The molecular weight excluding hydrogens is 450 g/mol. The summed E-state index contributed by atoms with van der Waals surface area (Å²) in [7, 11) is -3.95. The Balaban J connectivity index is 1.33. The van der Waals surface area contributed by atoms with Crippen molar-refractivity contribution in [3.8, 4) is 0 Å². The Kier molecular flexibility index (Phi) is 6.85. The topological polar surface area (TPSA) is 84.3 Å². The predicted molar refractivity (Wildman–Crippen MR) is 117 cm³/mol. The van der Waals surface area contributed by atoms with E-state index in [1.165, 1.54) is 4.31 Å². The number of imidazole rings is 1. The second-order valence-electron chi connectivity index (χ2n) is 7.98. The van der Waals surface area contributed by atoms with Crippen molar-refractivity contribution in [1.82, 2.24) is 19.2 Å². The maximum absolute atomic E-state index is 13.5. The highest BCUT2D eigenvalue weighted by Gasteiger charge is 2.32. The molecule has 1 saturated heterocycles. The molecule has 2 aromatic carbocycles. The number of benzene rings is 2. The minimum absolute atomic E-state index is 0.127. The van der Waals surface area contributed by atoms with Crippen molar-refractivity contribution in [3.63, 3.8) is 0 Å². The van der Waals surface area contributed by atoms with Crippen LogP contribution in [0.5, 0.6) is 0 Å². The summed E-state index contributed by atoms with van der Waals surface area (Å²) in [6.45, 7) is 1.29. The molecular formula is C23H24F2N4O3S. The minimum atomic E-state index is -3.95. The SMILES string of the molecule is O=C(NCc1ccccc1Cn1ccnc1)C1CCN(S(=O)(=O)c2ccc(F)c(F)c2)CC1. The summed E-state index contributed by atoms with van der Waals surface area (Å²) in [5.41, 5.74) is 2.07. The van der Waals surface area contributed by atoms with E-state index in [1.54, 1.807) is 12.5 Å². The van der Waals surface area contributed by atoms with Gasteiger partial charge in [0, 0.05) is 44.5 Å². The Morgan fingerprint density at radius 1 is 1.06 bits per heavy atom. The van der Waals surface area contributed by atoms with Gasteiger partial charge in [-0.15, -0.1) is 0 Å². The summed E-state index contributed by atoms with van der Waals surface area (Å²) < 4.78 is 55.3. The van der Waals surface area contributed by atoms with Gasteiger partial charge in [0.25, 0.3) is 0 Å². The molecule has 4 rings (SSSR count). The molecule has 0 atom stereocenters. The Hall–Kier alpha value is -3.11. The van der Waals surface area contributed by atoms with Crippen LogP contribution in [-0.2, 0) is 27.9 Å². The first kappa shape index (κ1) is 23.1. The lowest BCUT2D eigenvalue weighted by molar-refractivity contribution is -0.126. The molecule has 3 aromatic rings. The van der Waals surface area contributed by atoms with Crippen LogP contribution >= 0.6 is 0 Å². The number of nitrogens with one attached hydrogen (secondary N) is 1. The average molecular weight is 475 g/mol. The zero-order chi connectivity index (χ0) is 23.4. The Bertz CT molecular complexity index is 1220. The van der Waals surface area contributed by atoms with E-state index in [0.717, 1.165) is 23.3 Å². The highest BCUT2D eigenvalue weighted by atomic mass is 32.2. The van der Waals surface area contributed by atoms with E-state index in [9.17, 15) is 22.0 Å². The summed E-state index contributed by atoms with van der Waals surface area (Å²) >= 11 is 0. The van der Waals surface area contributed by atoms with Gasteiger partial charge in [0.05, 0.1) is 11.2 Å². The third kappa shape index (κ3) is 5.28. The number of carbonyl (C=O) groups is 1. The smallest absolute Gasteiger partial charge is 0.243 e. The number of hydrogen-bond acceptors (Lipinski definition) is 4. The summed E-state index contributed by atoms with van der Waals surface area (Å²) in [6.07, 6.45) is 6.02. The first-order valence-electron chi connectivity index (χ1n) is 10.6. The van der Waals surface area contributed by atoms with Crippen LogP contribution in [0.15, 0.2) is 66.1 Å². The van der Waals surface area contributed by atoms with Gasteiger partial charge in [0.15, 0.2) is 11.6 Å². The lowest BCUT2D eigenvalue weighted by Gasteiger charge is -2.30. The molecule has 1 aliphatic rings. The molecule has 7 nitrogen and oxygen atoms in total.